The zero-order valence-electron chi connectivity index (χ0n) is 9.18. The summed E-state index contributed by atoms with van der Waals surface area (Å²) in [6.07, 6.45) is 6.77. The number of hydrogen-bond acceptors (Lipinski definition) is 4. The van der Waals surface area contributed by atoms with Gasteiger partial charge < -0.3 is 10.1 Å². The molecule has 1 aliphatic rings. The Bertz CT molecular complexity index is 640. The van der Waals surface area contributed by atoms with E-state index in [0.717, 1.165) is 16.7 Å². The molecule has 1 aliphatic heterocycles. The predicted octanol–water partition coefficient (Wildman–Crippen LogP) is 2.08. The Morgan fingerprint density at radius 1 is 1.35 bits per heavy atom. The fraction of sp³-hybridized carbons (Fsp3) is 0.0833. The van der Waals surface area contributed by atoms with E-state index in [-0.39, 0.29) is 5.88 Å². The van der Waals surface area contributed by atoms with Crippen LogP contribution in [-0.4, -0.2) is 26.3 Å². The molecule has 2 aromatic heterocycles. The van der Waals surface area contributed by atoms with E-state index in [4.69, 9.17) is 0 Å². The second-order valence-corrected chi connectivity index (χ2v) is 3.88. The van der Waals surface area contributed by atoms with Gasteiger partial charge in [-0.25, -0.2) is 15.0 Å². The van der Waals surface area contributed by atoms with Crippen LogP contribution in [0.2, 0.25) is 0 Å². The number of imidazole rings is 1. The van der Waals surface area contributed by atoms with Gasteiger partial charge in [-0.15, -0.1) is 0 Å². The molecule has 0 aliphatic carbocycles. The molecule has 0 spiro atoms. The Balaban J connectivity index is 2.10. The molecule has 0 bridgehead atoms. The monoisotopic (exact) mass is 226 g/mol. The highest BCUT2D eigenvalue weighted by atomic mass is 16.3. The summed E-state index contributed by atoms with van der Waals surface area (Å²) >= 11 is 0. The molecule has 0 atom stereocenters. The van der Waals surface area contributed by atoms with Crippen molar-refractivity contribution < 1.29 is 5.11 Å². The van der Waals surface area contributed by atoms with E-state index in [2.05, 4.69) is 19.9 Å². The molecular formula is C12H10N4O. The number of aromatic amines is 1. The summed E-state index contributed by atoms with van der Waals surface area (Å²) in [5, 5.41) is 9.47. The molecule has 0 amide bonds. The number of aliphatic imine (C=N–C) groups is 1. The second-order valence-electron chi connectivity index (χ2n) is 3.88. The van der Waals surface area contributed by atoms with Gasteiger partial charge in [-0.3, -0.25) is 0 Å². The summed E-state index contributed by atoms with van der Waals surface area (Å²) in [4.78, 5) is 15.0. The zero-order valence-corrected chi connectivity index (χ0v) is 9.18. The fourth-order valence-corrected chi connectivity index (χ4v) is 1.75. The first-order valence-corrected chi connectivity index (χ1v) is 5.19. The molecule has 0 radical (unpaired) electrons. The second kappa shape index (κ2) is 3.55. The number of fused-ring (bicyclic) bond motifs is 1. The lowest BCUT2D eigenvalue weighted by molar-refractivity contribution is 0.455. The Morgan fingerprint density at radius 2 is 2.24 bits per heavy atom. The summed E-state index contributed by atoms with van der Waals surface area (Å²) in [5.41, 5.74) is 3.53. The molecule has 3 rings (SSSR count). The van der Waals surface area contributed by atoms with Crippen molar-refractivity contribution in [3.05, 3.63) is 35.4 Å². The van der Waals surface area contributed by atoms with Gasteiger partial charge in [0.15, 0.2) is 5.82 Å². The van der Waals surface area contributed by atoms with Gasteiger partial charge in [-0.1, -0.05) is 0 Å². The van der Waals surface area contributed by atoms with Gasteiger partial charge in [0, 0.05) is 23.5 Å². The van der Waals surface area contributed by atoms with Gasteiger partial charge in [0.1, 0.15) is 5.69 Å². The average molecular weight is 226 g/mol. The summed E-state index contributed by atoms with van der Waals surface area (Å²) in [6.45, 7) is 1.98. The number of H-pyrrole nitrogens is 1. The maximum Gasteiger partial charge on any atom is 0.236 e. The van der Waals surface area contributed by atoms with Crippen LogP contribution in [0.25, 0.3) is 11.6 Å². The molecule has 3 heterocycles. The van der Waals surface area contributed by atoms with Crippen LogP contribution in [0.4, 0.5) is 5.82 Å². The topological polar surface area (TPSA) is 74.2 Å². The minimum atomic E-state index is -0.0139. The van der Waals surface area contributed by atoms with Crippen LogP contribution in [0.1, 0.15) is 16.8 Å². The lowest BCUT2D eigenvalue weighted by Gasteiger charge is -2.00. The molecule has 2 aromatic rings. The number of aryl methyl sites for hydroxylation is 1. The van der Waals surface area contributed by atoms with Gasteiger partial charge in [-0.05, 0) is 24.6 Å². The SMILES string of the molecule is Cc1cnc2c(c1)C(=Cc1[nH]cnc1O)C=N2. The normalized spacial score (nSPS) is 15.5. The molecule has 0 saturated heterocycles. The van der Waals surface area contributed by atoms with Gasteiger partial charge in [0.2, 0.25) is 5.88 Å². The van der Waals surface area contributed by atoms with Gasteiger partial charge in [0.05, 0.1) is 6.33 Å². The first kappa shape index (κ1) is 9.77. The van der Waals surface area contributed by atoms with Crippen LogP contribution in [0.3, 0.4) is 0 Å². The van der Waals surface area contributed by atoms with Crippen LogP contribution in [0, 0.1) is 6.92 Å². The van der Waals surface area contributed by atoms with Gasteiger partial charge in [0.25, 0.3) is 0 Å². The third-order valence-electron chi connectivity index (χ3n) is 2.59. The number of hydrogen-bond donors (Lipinski definition) is 2. The molecule has 2 N–H and O–H groups in total. The fourth-order valence-electron chi connectivity index (χ4n) is 1.75. The Hall–Kier alpha value is -2.43. The molecule has 84 valence electrons. The third kappa shape index (κ3) is 1.61. The minimum Gasteiger partial charge on any atom is -0.492 e. The maximum atomic E-state index is 9.47. The van der Waals surface area contributed by atoms with Gasteiger partial charge >= 0.3 is 0 Å². The Labute approximate surface area is 97.6 Å². The van der Waals surface area contributed by atoms with Crippen molar-refractivity contribution >= 4 is 23.7 Å². The largest absolute Gasteiger partial charge is 0.492 e. The number of pyridine rings is 1. The van der Waals surface area contributed by atoms with E-state index in [1.165, 1.54) is 6.33 Å². The summed E-state index contributed by atoms with van der Waals surface area (Å²) < 4.78 is 0. The van der Waals surface area contributed by atoms with E-state index >= 15 is 0 Å². The number of nitrogens with zero attached hydrogens (tertiary/aromatic N) is 3. The van der Waals surface area contributed by atoms with Crippen LogP contribution in [0.15, 0.2) is 23.6 Å². The number of nitrogens with one attached hydrogen (secondary N) is 1. The smallest absolute Gasteiger partial charge is 0.236 e. The standard InChI is InChI=1S/C12H10N4O/c1-7-2-9-8(5-14-11(9)13-4-7)3-10-12(17)16-6-15-10/h2-6,17H,1H3,(H,15,16). The number of rotatable bonds is 1. The third-order valence-corrected chi connectivity index (χ3v) is 2.59. The molecule has 0 unspecified atom stereocenters. The first-order chi connectivity index (χ1) is 8.24. The van der Waals surface area contributed by atoms with E-state index in [1.54, 1.807) is 18.5 Å². The highest BCUT2D eigenvalue weighted by Crippen LogP contribution is 2.31. The number of aromatic hydroxyl groups is 1. The molecule has 5 nitrogen and oxygen atoms in total. The average Bonchev–Trinajstić information content (AvgIpc) is 2.88. The lowest BCUT2D eigenvalue weighted by atomic mass is 10.1. The predicted molar refractivity (Wildman–Crippen MR) is 65.2 cm³/mol. The van der Waals surface area contributed by atoms with E-state index in [9.17, 15) is 5.11 Å². The van der Waals surface area contributed by atoms with Crippen molar-refractivity contribution in [2.45, 2.75) is 6.92 Å². The van der Waals surface area contributed by atoms with Crippen molar-refractivity contribution in [3.8, 4) is 5.88 Å². The van der Waals surface area contributed by atoms with Crippen LogP contribution in [-0.2, 0) is 0 Å². The van der Waals surface area contributed by atoms with Crippen molar-refractivity contribution in [1.29, 1.82) is 0 Å². The summed E-state index contributed by atoms with van der Waals surface area (Å²) in [7, 11) is 0. The molecule has 0 saturated carbocycles. The molecular weight excluding hydrogens is 216 g/mol. The van der Waals surface area contributed by atoms with Crippen molar-refractivity contribution in [1.82, 2.24) is 15.0 Å². The van der Waals surface area contributed by atoms with E-state index < -0.39 is 0 Å². The number of aromatic nitrogens is 3. The maximum absolute atomic E-state index is 9.47. The highest BCUT2D eigenvalue weighted by Gasteiger charge is 2.14. The molecule has 17 heavy (non-hydrogen) atoms. The van der Waals surface area contributed by atoms with Crippen molar-refractivity contribution in [2.75, 3.05) is 0 Å². The molecule has 0 fully saturated rings. The Kier molecular flexibility index (Phi) is 2.04. The van der Waals surface area contributed by atoms with Crippen LogP contribution >= 0.6 is 0 Å². The van der Waals surface area contributed by atoms with Crippen LogP contribution in [0.5, 0.6) is 5.88 Å². The first-order valence-electron chi connectivity index (χ1n) is 5.19. The van der Waals surface area contributed by atoms with Crippen molar-refractivity contribution in [3.63, 3.8) is 0 Å². The molecule has 5 heteroatoms. The van der Waals surface area contributed by atoms with Crippen molar-refractivity contribution in [2.24, 2.45) is 4.99 Å². The lowest BCUT2D eigenvalue weighted by Crippen LogP contribution is -1.85. The van der Waals surface area contributed by atoms with E-state index in [0.29, 0.717) is 11.5 Å². The summed E-state index contributed by atoms with van der Waals surface area (Å²) in [6, 6.07) is 2.02. The number of allylic oxidation sites excluding steroid dienone is 1. The minimum absolute atomic E-state index is 0.0139. The summed E-state index contributed by atoms with van der Waals surface area (Å²) in [5.74, 6) is 0.695. The Morgan fingerprint density at radius 3 is 3.00 bits per heavy atom. The zero-order chi connectivity index (χ0) is 11.8. The van der Waals surface area contributed by atoms with Gasteiger partial charge in [-0.2, -0.15) is 0 Å². The van der Waals surface area contributed by atoms with E-state index in [1.807, 2.05) is 13.0 Å². The quantitative estimate of drug-likeness (QED) is 0.781. The highest BCUT2D eigenvalue weighted by molar-refractivity contribution is 6.20. The van der Waals surface area contributed by atoms with Crippen LogP contribution < -0.4 is 0 Å². The molecule has 0 aromatic carbocycles.